The number of esters is 1. The molecule has 1 heterocycles. The molecule has 1 aromatic heterocycles. The molecule has 22 heavy (non-hydrogen) atoms. The highest BCUT2D eigenvalue weighted by Gasteiger charge is 2.19. The van der Waals surface area contributed by atoms with E-state index in [0.717, 1.165) is 16.7 Å². The molecule has 0 saturated carbocycles. The van der Waals surface area contributed by atoms with Crippen LogP contribution in [-0.4, -0.2) is 22.4 Å². The SMILES string of the molecule is CCOC(=O)[C@H](C)n1nc(-c2ccc(C)cc2C)ccc1=O. The van der Waals surface area contributed by atoms with E-state index < -0.39 is 12.0 Å². The van der Waals surface area contributed by atoms with Crippen molar-refractivity contribution in [3.8, 4) is 11.3 Å². The Morgan fingerprint density at radius 3 is 2.64 bits per heavy atom. The molecule has 0 fully saturated rings. The first-order chi connectivity index (χ1) is 10.4. The molecule has 0 aliphatic carbocycles. The summed E-state index contributed by atoms with van der Waals surface area (Å²) in [5.74, 6) is -0.463. The molecular formula is C17H20N2O3. The van der Waals surface area contributed by atoms with Crippen molar-refractivity contribution in [2.24, 2.45) is 0 Å². The molecule has 2 aromatic rings. The molecule has 1 aromatic carbocycles. The number of rotatable bonds is 4. The van der Waals surface area contributed by atoms with Crippen molar-refractivity contribution in [3.05, 3.63) is 51.8 Å². The highest BCUT2D eigenvalue weighted by atomic mass is 16.5. The Morgan fingerprint density at radius 2 is 2.00 bits per heavy atom. The predicted octanol–water partition coefficient (Wildman–Crippen LogP) is 2.65. The molecule has 5 heteroatoms. The monoisotopic (exact) mass is 300 g/mol. The van der Waals surface area contributed by atoms with Crippen molar-refractivity contribution in [2.45, 2.75) is 33.7 Å². The van der Waals surface area contributed by atoms with Gasteiger partial charge in [-0.1, -0.05) is 23.8 Å². The van der Waals surface area contributed by atoms with Crippen LogP contribution in [0.2, 0.25) is 0 Å². The van der Waals surface area contributed by atoms with Gasteiger partial charge in [0.1, 0.15) is 0 Å². The largest absolute Gasteiger partial charge is 0.464 e. The molecule has 116 valence electrons. The van der Waals surface area contributed by atoms with Crippen LogP contribution in [0.1, 0.15) is 31.0 Å². The first-order valence-corrected chi connectivity index (χ1v) is 7.28. The molecule has 0 N–H and O–H groups in total. The molecule has 0 unspecified atom stereocenters. The molecule has 5 nitrogen and oxygen atoms in total. The second kappa shape index (κ2) is 6.56. The number of hydrogen-bond donors (Lipinski definition) is 0. The maximum absolute atomic E-state index is 12.0. The van der Waals surface area contributed by atoms with E-state index in [1.165, 1.54) is 10.7 Å². The van der Waals surface area contributed by atoms with Crippen LogP contribution in [-0.2, 0) is 9.53 Å². The van der Waals surface area contributed by atoms with Crippen molar-refractivity contribution in [2.75, 3.05) is 6.61 Å². The van der Waals surface area contributed by atoms with Crippen molar-refractivity contribution >= 4 is 5.97 Å². The fourth-order valence-electron chi connectivity index (χ4n) is 2.31. The highest BCUT2D eigenvalue weighted by molar-refractivity contribution is 5.73. The lowest BCUT2D eigenvalue weighted by Gasteiger charge is -2.14. The standard InChI is InChI=1S/C17H20N2O3/c1-5-22-17(21)13(4)19-16(20)9-8-15(18-19)14-7-6-11(2)10-12(14)3/h6-10,13H,5H2,1-4H3/t13-/m0/s1. The average Bonchev–Trinajstić information content (AvgIpc) is 2.48. The van der Waals surface area contributed by atoms with Crippen LogP contribution in [0.4, 0.5) is 0 Å². The predicted molar refractivity (Wildman–Crippen MR) is 84.8 cm³/mol. The summed E-state index contributed by atoms with van der Waals surface area (Å²) in [5.41, 5.74) is 3.51. The number of aromatic nitrogens is 2. The smallest absolute Gasteiger partial charge is 0.330 e. The summed E-state index contributed by atoms with van der Waals surface area (Å²) >= 11 is 0. The fourth-order valence-corrected chi connectivity index (χ4v) is 2.31. The lowest BCUT2D eigenvalue weighted by molar-refractivity contribution is -0.147. The van der Waals surface area contributed by atoms with Gasteiger partial charge in [-0.05, 0) is 39.3 Å². The van der Waals surface area contributed by atoms with Gasteiger partial charge in [0.25, 0.3) is 5.56 Å². The van der Waals surface area contributed by atoms with E-state index in [9.17, 15) is 9.59 Å². The quantitative estimate of drug-likeness (QED) is 0.814. The molecule has 0 aliphatic heterocycles. The maximum atomic E-state index is 12.0. The van der Waals surface area contributed by atoms with Gasteiger partial charge >= 0.3 is 5.97 Å². The van der Waals surface area contributed by atoms with Gasteiger partial charge in [-0.3, -0.25) is 4.79 Å². The molecule has 0 bridgehead atoms. The van der Waals surface area contributed by atoms with Gasteiger partial charge in [-0.15, -0.1) is 0 Å². The van der Waals surface area contributed by atoms with Crippen LogP contribution in [0.3, 0.4) is 0 Å². The Morgan fingerprint density at radius 1 is 1.27 bits per heavy atom. The van der Waals surface area contributed by atoms with Crippen LogP contribution >= 0.6 is 0 Å². The Bertz CT molecular complexity index is 750. The zero-order valence-corrected chi connectivity index (χ0v) is 13.3. The fraction of sp³-hybridized carbons (Fsp3) is 0.353. The Labute approximate surface area is 129 Å². The van der Waals surface area contributed by atoms with Gasteiger partial charge in [-0.2, -0.15) is 5.10 Å². The molecule has 2 rings (SSSR count). The molecule has 0 spiro atoms. The van der Waals surface area contributed by atoms with Crippen molar-refractivity contribution in [3.63, 3.8) is 0 Å². The third kappa shape index (κ3) is 3.24. The third-order valence-corrected chi connectivity index (χ3v) is 3.48. The summed E-state index contributed by atoms with van der Waals surface area (Å²) in [4.78, 5) is 23.8. The van der Waals surface area contributed by atoms with Crippen LogP contribution in [0.5, 0.6) is 0 Å². The summed E-state index contributed by atoms with van der Waals surface area (Å²) < 4.78 is 6.13. The van der Waals surface area contributed by atoms with E-state index in [1.54, 1.807) is 19.9 Å². The number of carbonyl (C=O) groups excluding carboxylic acids is 1. The van der Waals surface area contributed by atoms with Crippen molar-refractivity contribution in [1.82, 2.24) is 9.78 Å². The van der Waals surface area contributed by atoms with Gasteiger partial charge in [0.05, 0.1) is 12.3 Å². The van der Waals surface area contributed by atoms with Gasteiger partial charge in [-0.25, -0.2) is 9.48 Å². The number of benzene rings is 1. The normalized spacial score (nSPS) is 12.0. The van der Waals surface area contributed by atoms with E-state index in [-0.39, 0.29) is 12.2 Å². The number of ether oxygens (including phenoxy) is 1. The van der Waals surface area contributed by atoms with E-state index in [1.807, 2.05) is 26.0 Å². The first-order valence-electron chi connectivity index (χ1n) is 7.28. The Kier molecular flexibility index (Phi) is 4.75. The highest BCUT2D eigenvalue weighted by Crippen LogP contribution is 2.21. The van der Waals surface area contributed by atoms with Gasteiger partial charge in [0, 0.05) is 11.6 Å². The Hall–Kier alpha value is -2.43. The molecule has 0 aliphatic rings. The Balaban J connectivity index is 2.46. The minimum Gasteiger partial charge on any atom is -0.464 e. The van der Waals surface area contributed by atoms with Crippen LogP contribution in [0, 0.1) is 13.8 Å². The summed E-state index contributed by atoms with van der Waals surface area (Å²) in [6.45, 7) is 7.63. The maximum Gasteiger partial charge on any atom is 0.330 e. The minimum atomic E-state index is -0.752. The first kappa shape index (κ1) is 15.9. The molecular weight excluding hydrogens is 280 g/mol. The van der Waals surface area contributed by atoms with Gasteiger partial charge < -0.3 is 4.74 Å². The van der Waals surface area contributed by atoms with Gasteiger partial charge in [0.15, 0.2) is 6.04 Å². The van der Waals surface area contributed by atoms with Crippen molar-refractivity contribution < 1.29 is 9.53 Å². The van der Waals surface area contributed by atoms with E-state index in [2.05, 4.69) is 11.2 Å². The molecule has 1 atom stereocenters. The number of nitrogens with zero attached hydrogens (tertiary/aromatic N) is 2. The summed E-state index contributed by atoms with van der Waals surface area (Å²) in [5, 5.41) is 4.34. The van der Waals surface area contributed by atoms with E-state index >= 15 is 0 Å². The zero-order chi connectivity index (χ0) is 16.3. The molecule has 0 saturated heterocycles. The number of aryl methyl sites for hydroxylation is 2. The average molecular weight is 300 g/mol. The summed E-state index contributed by atoms with van der Waals surface area (Å²) in [6.07, 6.45) is 0. The van der Waals surface area contributed by atoms with E-state index in [4.69, 9.17) is 4.74 Å². The van der Waals surface area contributed by atoms with Crippen LogP contribution in [0.15, 0.2) is 35.1 Å². The van der Waals surface area contributed by atoms with Crippen LogP contribution in [0.25, 0.3) is 11.3 Å². The lowest BCUT2D eigenvalue weighted by Crippen LogP contribution is -2.31. The van der Waals surface area contributed by atoms with Crippen LogP contribution < -0.4 is 5.56 Å². The third-order valence-electron chi connectivity index (χ3n) is 3.48. The number of hydrogen-bond acceptors (Lipinski definition) is 4. The van der Waals surface area contributed by atoms with E-state index in [0.29, 0.717) is 5.69 Å². The van der Waals surface area contributed by atoms with Crippen molar-refractivity contribution in [1.29, 1.82) is 0 Å². The summed E-state index contributed by atoms with van der Waals surface area (Å²) in [6, 6.07) is 8.37. The zero-order valence-electron chi connectivity index (χ0n) is 13.3. The lowest BCUT2D eigenvalue weighted by atomic mass is 10.0. The summed E-state index contributed by atoms with van der Waals surface area (Å²) in [7, 11) is 0. The van der Waals surface area contributed by atoms with Gasteiger partial charge in [0.2, 0.25) is 0 Å². The number of carbonyl (C=O) groups is 1. The second-order valence-electron chi connectivity index (χ2n) is 5.25. The molecule has 0 radical (unpaired) electrons. The topological polar surface area (TPSA) is 61.2 Å². The minimum absolute atomic E-state index is 0.273. The molecule has 0 amide bonds. The second-order valence-corrected chi connectivity index (χ2v) is 5.25.